The highest BCUT2D eigenvalue weighted by Gasteiger charge is 2.24. The lowest BCUT2D eigenvalue weighted by Crippen LogP contribution is -2.37. The van der Waals surface area contributed by atoms with Gasteiger partial charge < -0.3 is 10.1 Å². The van der Waals surface area contributed by atoms with E-state index in [4.69, 9.17) is 4.74 Å². The summed E-state index contributed by atoms with van der Waals surface area (Å²) in [6.07, 6.45) is 6.35. The van der Waals surface area contributed by atoms with Crippen molar-refractivity contribution in [3.05, 3.63) is 36.9 Å². The molecule has 1 atom stereocenters. The highest BCUT2D eigenvalue weighted by molar-refractivity contribution is 8.00. The molecule has 1 aromatic heterocycles. The predicted octanol–water partition coefficient (Wildman–Crippen LogP) is 3.68. The van der Waals surface area contributed by atoms with Crippen LogP contribution in [0.3, 0.4) is 0 Å². The Labute approximate surface area is 164 Å². The molecule has 1 aliphatic rings. The highest BCUT2D eigenvalue weighted by Crippen LogP contribution is 2.32. The number of benzene rings is 1. The fourth-order valence-electron chi connectivity index (χ4n) is 3.30. The Bertz CT molecular complexity index is 799. The lowest BCUT2D eigenvalue weighted by Gasteiger charge is -2.16. The van der Waals surface area contributed by atoms with Gasteiger partial charge in [-0.2, -0.15) is 0 Å². The Kier molecular flexibility index (Phi) is 6.55. The molecule has 6 nitrogen and oxygen atoms in total. The van der Waals surface area contributed by atoms with Crippen molar-refractivity contribution in [1.82, 2.24) is 20.1 Å². The first-order valence-electron chi connectivity index (χ1n) is 9.28. The molecule has 0 unspecified atom stereocenters. The van der Waals surface area contributed by atoms with E-state index >= 15 is 0 Å². The number of nitrogens with zero attached hydrogens (tertiary/aromatic N) is 3. The van der Waals surface area contributed by atoms with E-state index in [1.807, 2.05) is 35.8 Å². The van der Waals surface area contributed by atoms with E-state index in [9.17, 15) is 4.79 Å². The van der Waals surface area contributed by atoms with Crippen molar-refractivity contribution in [1.29, 1.82) is 0 Å². The van der Waals surface area contributed by atoms with Gasteiger partial charge in [-0.15, -0.1) is 16.8 Å². The summed E-state index contributed by atoms with van der Waals surface area (Å²) in [5, 5.41) is 12.3. The van der Waals surface area contributed by atoms with Gasteiger partial charge in [-0.25, -0.2) is 0 Å². The zero-order valence-electron chi connectivity index (χ0n) is 15.9. The molecular weight excluding hydrogens is 360 g/mol. The number of carbonyl (C=O) groups excluding carboxylic acids is 1. The van der Waals surface area contributed by atoms with E-state index in [2.05, 4.69) is 22.1 Å². The van der Waals surface area contributed by atoms with Gasteiger partial charge in [0.15, 0.2) is 11.0 Å². The minimum Gasteiger partial charge on any atom is -0.496 e. The smallest absolute Gasteiger partial charge is 0.233 e. The molecule has 1 aliphatic carbocycles. The maximum absolute atomic E-state index is 12.5. The lowest BCUT2D eigenvalue weighted by molar-refractivity contribution is -0.120. The summed E-state index contributed by atoms with van der Waals surface area (Å²) in [5.74, 6) is 1.50. The molecule has 27 heavy (non-hydrogen) atoms. The van der Waals surface area contributed by atoms with E-state index < -0.39 is 0 Å². The molecule has 0 spiro atoms. The van der Waals surface area contributed by atoms with Gasteiger partial charge in [-0.1, -0.05) is 42.8 Å². The number of para-hydroxylation sites is 1. The molecule has 0 saturated heterocycles. The van der Waals surface area contributed by atoms with Crippen molar-refractivity contribution in [2.45, 2.75) is 55.6 Å². The Balaban J connectivity index is 1.80. The van der Waals surface area contributed by atoms with Crippen molar-refractivity contribution in [2.75, 3.05) is 7.11 Å². The fraction of sp³-hybridized carbons (Fsp3) is 0.450. The van der Waals surface area contributed by atoms with E-state index in [1.165, 1.54) is 24.6 Å². The van der Waals surface area contributed by atoms with Gasteiger partial charge in [0.1, 0.15) is 5.75 Å². The second-order valence-corrected chi connectivity index (χ2v) is 7.96. The topological polar surface area (TPSA) is 69.0 Å². The maximum Gasteiger partial charge on any atom is 0.233 e. The van der Waals surface area contributed by atoms with Crippen LogP contribution in [-0.2, 0) is 11.3 Å². The highest BCUT2D eigenvalue weighted by atomic mass is 32.2. The van der Waals surface area contributed by atoms with Crippen LogP contribution in [0.2, 0.25) is 0 Å². The van der Waals surface area contributed by atoms with Crippen LogP contribution >= 0.6 is 11.8 Å². The molecule has 7 heteroatoms. The average Bonchev–Trinajstić information content (AvgIpc) is 3.32. The van der Waals surface area contributed by atoms with Gasteiger partial charge in [0, 0.05) is 12.6 Å². The number of hydrogen-bond donors (Lipinski definition) is 1. The SMILES string of the molecule is C=CCn1c(S[C@H](C)C(=O)NC2CCCC2)nnc1-c1ccccc1OC. The zero-order chi connectivity index (χ0) is 19.2. The number of hydrogen-bond acceptors (Lipinski definition) is 5. The van der Waals surface area contributed by atoms with Gasteiger partial charge in [-0.3, -0.25) is 9.36 Å². The van der Waals surface area contributed by atoms with Crippen LogP contribution < -0.4 is 10.1 Å². The molecule has 3 rings (SSSR count). The number of carbonyl (C=O) groups is 1. The monoisotopic (exact) mass is 386 g/mol. The number of amides is 1. The molecule has 1 heterocycles. The van der Waals surface area contributed by atoms with Crippen LogP contribution in [0.5, 0.6) is 5.75 Å². The Morgan fingerprint density at radius 3 is 2.85 bits per heavy atom. The molecule has 1 aromatic carbocycles. The number of methoxy groups -OCH3 is 1. The number of ether oxygens (including phenoxy) is 1. The first-order valence-corrected chi connectivity index (χ1v) is 10.2. The summed E-state index contributed by atoms with van der Waals surface area (Å²) in [5.41, 5.74) is 0.865. The van der Waals surface area contributed by atoms with Gasteiger partial charge >= 0.3 is 0 Å². The number of nitrogens with one attached hydrogen (secondary N) is 1. The summed E-state index contributed by atoms with van der Waals surface area (Å²) in [6.45, 7) is 6.30. The zero-order valence-corrected chi connectivity index (χ0v) is 16.7. The Morgan fingerprint density at radius 2 is 2.15 bits per heavy atom. The first kappa shape index (κ1) is 19.5. The summed E-state index contributed by atoms with van der Waals surface area (Å²) in [6, 6.07) is 8.02. The van der Waals surface area contributed by atoms with Gasteiger partial charge in [-0.05, 0) is 31.9 Å². The Hall–Kier alpha value is -2.28. The maximum atomic E-state index is 12.5. The van der Waals surface area contributed by atoms with Gasteiger partial charge in [0.05, 0.1) is 17.9 Å². The molecule has 0 aliphatic heterocycles. The molecule has 1 saturated carbocycles. The largest absolute Gasteiger partial charge is 0.496 e. The van der Waals surface area contributed by atoms with Crippen molar-refractivity contribution in [3.63, 3.8) is 0 Å². The summed E-state index contributed by atoms with van der Waals surface area (Å²) in [4.78, 5) is 12.5. The van der Waals surface area contributed by atoms with Crippen LogP contribution in [0, 0.1) is 0 Å². The molecule has 0 radical (unpaired) electrons. The summed E-state index contributed by atoms with van der Waals surface area (Å²) in [7, 11) is 1.64. The van der Waals surface area contributed by atoms with Crippen molar-refractivity contribution < 1.29 is 9.53 Å². The second kappa shape index (κ2) is 9.08. The average molecular weight is 387 g/mol. The van der Waals surface area contributed by atoms with Crippen LogP contribution in [0.15, 0.2) is 42.1 Å². The number of thioether (sulfide) groups is 1. The number of aromatic nitrogens is 3. The van der Waals surface area contributed by atoms with E-state index in [0.717, 1.165) is 24.2 Å². The molecule has 0 bridgehead atoms. The van der Waals surface area contributed by atoms with Crippen LogP contribution in [0.1, 0.15) is 32.6 Å². The van der Waals surface area contributed by atoms with Gasteiger partial charge in [0.25, 0.3) is 0 Å². The molecule has 1 amide bonds. The summed E-state index contributed by atoms with van der Waals surface area (Å²) >= 11 is 1.42. The molecule has 144 valence electrons. The molecule has 1 N–H and O–H groups in total. The third-order valence-electron chi connectivity index (χ3n) is 4.73. The molecular formula is C20H26N4O2S. The lowest BCUT2D eigenvalue weighted by atomic mass is 10.2. The molecule has 1 fully saturated rings. The first-order chi connectivity index (χ1) is 13.1. The normalized spacial score (nSPS) is 15.5. The summed E-state index contributed by atoms with van der Waals surface area (Å²) < 4.78 is 7.43. The minimum absolute atomic E-state index is 0.0545. The standard InChI is InChI=1S/C20H26N4O2S/c1-4-13-24-18(16-11-7-8-12-17(16)26-3)22-23-20(24)27-14(2)19(25)21-15-9-5-6-10-15/h4,7-8,11-12,14-15H,1,5-6,9-10,13H2,2-3H3,(H,21,25)/t14-/m1/s1. The van der Waals surface area contributed by atoms with Crippen molar-refractivity contribution in [3.8, 4) is 17.1 Å². The van der Waals surface area contributed by atoms with E-state index in [0.29, 0.717) is 23.6 Å². The van der Waals surface area contributed by atoms with Gasteiger partial charge in [0.2, 0.25) is 5.91 Å². The van der Waals surface area contributed by atoms with Crippen molar-refractivity contribution in [2.24, 2.45) is 0 Å². The van der Waals surface area contributed by atoms with Crippen LogP contribution in [0.25, 0.3) is 11.4 Å². The third-order valence-corrected chi connectivity index (χ3v) is 5.81. The Morgan fingerprint density at radius 1 is 1.41 bits per heavy atom. The van der Waals surface area contributed by atoms with Crippen molar-refractivity contribution >= 4 is 17.7 Å². The number of allylic oxidation sites excluding steroid dienone is 1. The quantitative estimate of drug-likeness (QED) is 0.554. The second-order valence-electron chi connectivity index (χ2n) is 6.66. The molecule has 2 aromatic rings. The number of rotatable bonds is 8. The van der Waals surface area contributed by atoms with E-state index in [-0.39, 0.29) is 11.2 Å². The van der Waals surface area contributed by atoms with Crippen LogP contribution in [-0.4, -0.2) is 39.1 Å². The predicted molar refractivity (Wildman–Crippen MR) is 108 cm³/mol. The fourth-order valence-corrected chi connectivity index (χ4v) is 4.17. The third kappa shape index (κ3) is 4.53. The van der Waals surface area contributed by atoms with E-state index in [1.54, 1.807) is 13.2 Å². The van der Waals surface area contributed by atoms with Crippen LogP contribution in [0.4, 0.5) is 0 Å². The minimum atomic E-state index is -0.246.